The summed E-state index contributed by atoms with van der Waals surface area (Å²) in [6, 6.07) is 15.2. The van der Waals surface area contributed by atoms with Gasteiger partial charge < -0.3 is 14.1 Å². The molecule has 0 aliphatic carbocycles. The van der Waals surface area contributed by atoms with Crippen LogP contribution in [0.4, 0.5) is 0 Å². The minimum Gasteiger partial charge on any atom is -0.497 e. The van der Waals surface area contributed by atoms with Crippen molar-refractivity contribution in [2.45, 2.75) is 25.3 Å². The number of carbonyl (C=O) groups is 1. The maximum absolute atomic E-state index is 13.1. The standard InChI is InChI=1S/C22H22N2O3/c1-26-18-9-7-16(8-10-18)20-11-12-21(27-20)22(25)24-14-3-2-6-19(24)17-5-4-13-23-15-17/h4-5,7-13,15,19H,2-3,6,14H2,1H3/t19-/m0/s1. The lowest BCUT2D eigenvalue weighted by atomic mass is 9.96. The van der Waals surface area contributed by atoms with Gasteiger partial charge in [-0.25, -0.2) is 0 Å². The number of pyridine rings is 1. The Labute approximate surface area is 158 Å². The van der Waals surface area contributed by atoms with Crippen LogP contribution < -0.4 is 4.74 Å². The van der Waals surface area contributed by atoms with Gasteiger partial charge in [-0.05, 0) is 67.3 Å². The first-order chi connectivity index (χ1) is 13.3. The molecule has 0 bridgehead atoms. The maximum atomic E-state index is 13.1. The lowest BCUT2D eigenvalue weighted by molar-refractivity contribution is 0.0579. The van der Waals surface area contributed by atoms with Crippen molar-refractivity contribution in [2.75, 3.05) is 13.7 Å². The minimum atomic E-state index is -0.0664. The molecule has 27 heavy (non-hydrogen) atoms. The molecular weight excluding hydrogens is 340 g/mol. The zero-order valence-electron chi connectivity index (χ0n) is 15.3. The predicted molar refractivity (Wildman–Crippen MR) is 103 cm³/mol. The monoisotopic (exact) mass is 362 g/mol. The summed E-state index contributed by atoms with van der Waals surface area (Å²) in [6.07, 6.45) is 6.67. The number of rotatable bonds is 4. The van der Waals surface area contributed by atoms with Gasteiger partial charge in [0.1, 0.15) is 11.5 Å². The van der Waals surface area contributed by atoms with Crippen LogP contribution in [-0.4, -0.2) is 29.4 Å². The topological polar surface area (TPSA) is 55.6 Å². The molecule has 1 saturated heterocycles. The molecule has 1 atom stereocenters. The highest BCUT2D eigenvalue weighted by Gasteiger charge is 2.30. The Hall–Kier alpha value is -3.08. The number of likely N-dealkylation sites (tertiary alicyclic amines) is 1. The molecule has 0 unspecified atom stereocenters. The zero-order valence-corrected chi connectivity index (χ0v) is 15.3. The van der Waals surface area contributed by atoms with Crippen LogP contribution in [0, 0.1) is 0 Å². The molecule has 5 nitrogen and oxygen atoms in total. The molecule has 3 aromatic rings. The number of amides is 1. The van der Waals surface area contributed by atoms with Crippen LogP contribution in [0.25, 0.3) is 11.3 Å². The average molecular weight is 362 g/mol. The summed E-state index contributed by atoms with van der Waals surface area (Å²) < 4.78 is 11.1. The quantitative estimate of drug-likeness (QED) is 0.674. The van der Waals surface area contributed by atoms with Gasteiger partial charge in [0.05, 0.1) is 13.2 Å². The van der Waals surface area contributed by atoms with E-state index in [2.05, 4.69) is 4.98 Å². The smallest absolute Gasteiger partial charge is 0.290 e. The van der Waals surface area contributed by atoms with E-state index in [1.807, 2.05) is 53.6 Å². The van der Waals surface area contributed by atoms with Crippen LogP contribution in [0.3, 0.4) is 0 Å². The normalized spacial score (nSPS) is 16.9. The molecule has 2 aromatic heterocycles. The van der Waals surface area contributed by atoms with Crippen LogP contribution in [0.2, 0.25) is 0 Å². The first-order valence-corrected chi connectivity index (χ1v) is 9.21. The molecule has 1 fully saturated rings. The van der Waals surface area contributed by atoms with E-state index >= 15 is 0 Å². The molecule has 3 heterocycles. The molecule has 0 radical (unpaired) electrons. The summed E-state index contributed by atoms with van der Waals surface area (Å²) in [7, 11) is 1.63. The summed E-state index contributed by atoms with van der Waals surface area (Å²) in [4.78, 5) is 19.2. The first kappa shape index (κ1) is 17.3. The molecular formula is C22H22N2O3. The van der Waals surface area contributed by atoms with E-state index in [1.54, 1.807) is 19.4 Å². The lowest BCUT2D eigenvalue weighted by Crippen LogP contribution is -2.38. The fourth-order valence-corrected chi connectivity index (χ4v) is 3.60. The Morgan fingerprint density at radius 3 is 2.74 bits per heavy atom. The number of hydrogen-bond donors (Lipinski definition) is 0. The third-order valence-corrected chi connectivity index (χ3v) is 5.02. The van der Waals surface area contributed by atoms with Crippen molar-refractivity contribution in [2.24, 2.45) is 0 Å². The molecule has 138 valence electrons. The lowest BCUT2D eigenvalue weighted by Gasteiger charge is -2.35. The average Bonchev–Trinajstić information content (AvgIpc) is 3.24. The molecule has 1 aromatic carbocycles. The van der Waals surface area contributed by atoms with Gasteiger partial charge in [-0.2, -0.15) is 0 Å². The van der Waals surface area contributed by atoms with Crippen LogP contribution in [0.1, 0.15) is 41.4 Å². The van der Waals surface area contributed by atoms with Gasteiger partial charge in [-0.3, -0.25) is 9.78 Å². The summed E-state index contributed by atoms with van der Waals surface area (Å²) in [5.74, 6) is 1.77. The summed E-state index contributed by atoms with van der Waals surface area (Å²) in [5.41, 5.74) is 1.99. The van der Waals surface area contributed by atoms with Gasteiger partial charge in [-0.1, -0.05) is 6.07 Å². The molecule has 1 aliphatic rings. The number of methoxy groups -OCH3 is 1. The third kappa shape index (κ3) is 3.58. The molecule has 4 rings (SSSR count). The van der Waals surface area contributed by atoms with E-state index in [0.717, 1.165) is 42.7 Å². The number of furan rings is 1. The largest absolute Gasteiger partial charge is 0.497 e. The Morgan fingerprint density at radius 2 is 2.00 bits per heavy atom. The number of hydrogen-bond acceptors (Lipinski definition) is 4. The van der Waals surface area contributed by atoms with E-state index in [1.165, 1.54) is 0 Å². The molecule has 0 N–H and O–H groups in total. The van der Waals surface area contributed by atoms with Gasteiger partial charge >= 0.3 is 0 Å². The fourth-order valence-electron chi connectivity index (χ4n) is 3.60. The Kier molecular flexibility index (Phi) is 4.92. The van der Waals surface area contributed by atoms with Crippen molar-refractivity contribution < 1.29 is 13.9 Å². The van der Waals surface area contributed by atoms with Gasteiger partial charge in [0.15, 0.2) is 5.76 Å². The van der Waals surface area contributed by atoms with Crippen molar-refractivity contribution in [3.05, 3.63) is 72.2 Å². The predicted octanol–water partition coefficient (Wildman–Crippen LogP) is 4.72. The van der Waals surface area contributed by atoms with Gasteiger partial charge in [-0.15, -0.1) is 0 Å². The Balaban J connectivity index is 1.57. The highest BCUT2D eigenvalue weighted by atomic mass is 16.5. The number of benzene rings is 1. The van der Waals surface area contributed by atoms with Crippen molar-refractivity contribution in [1.29, 1.82) is 0 Å². The second kappa shape index (κ2) is 7.66. The number of ether oxygens (including phenoxy) is 1. The Bertz CT molecular complexity index is 903. The minimum absolute atomic E-state index is 0.0505. The van der Waals surface area contributed by atoms with Crippen molar-refractivity contribution >= 4 is 5.91 Å². The zero-order chi connectivity index (χ0) is 18.6. The SMILES string of the molecule is COc1ccc(-c2ccc(C(=O)N3CCCC[C@H]3c3cccnc3)o2)cc1. The summed E-state index contributed by atoms with van der Waals surface area (Å²) >= 11 is 0. The molecule has 1 aliphatic heterocycles. The van der Waals surface area contributed by atoms with Gasteiger partial charge in [0, 0.05) is 24.5 Å². The van der Waals surface area contributed by atoms with Gasteiger partial charge in [0.2, 0.25) is 0 Å². The molecule has 0 saturated carbocycles. The second-order valence-electron chi connectivity index (χ2n) is 6.69. The fraction of sp³-hybridized carbons (Fsp3) is 0.273. The van der Waals surface area contributed by atoms with Crippen molar-refractivity contribution in [1.82, 2.24) is 9.88 Å². The molecule has 0 spiro atoms. The number of nitrogens with zero attached hydrogens (tertiary/aromatic N) is 2. The van der Waals surface area contributed by atoms with Crippen molar-refractivity contribution in [3.63, 3.8) is 0 Å². The highest BCUT2D eigenvalue weighted by Crippen LogP contribution is 2.33. The summed E-state index contributed by atoms with van der Waals surface area (Å²) in [5, 5.41) is 0. The van der Waals surface area contributed by atoms with E-state index in [9.17, 15) is 4.79 Å². The van der Waals surface area contributed by atoms with Gasteiger partial charge in [0.25, 0.3) is 5.91 Å². The van der Waals surface area contributed by atoms with Crippen LogP contribution >= 0.6 is 0 Å². The number of carbonyl (C=O) groups excluding carboxylic acids is 1. The van der Waals surface area contributed by atoms with E-state index in [-0.39, 0.29) is 11.9 Å². The first-order valence-electron chi connectivity index (χ1n) is 9.21. The third-order valence-electron chi connectivity index (χ3n) is 5.02. The molecule has 5 heteroatoms. The number of aromatic nitrogens is 1. The second-order valence-corrected chi connectivity index (χ2v) is 6.69. The van der Waals surface area contributed by atoms with E-state index in [4.69, 9.17) is 9.15 Å². The summed E-state index contributed by atoms with van der Waals surface area (Å²) in [6.45, 7) is 0.733. The van der Waals surface area contributed by atoms with Crippen molar-refractivity contribution in [3.8, 4) is 17.1 Å². The van der Waals surface area contributed by atoms with Crippen LogP contribution in [-0.2, 0) is 0 Å². The van der Waals surface area contributed by atoms with Crippen LogP contribution in [0.5, 0.6) is 5.75 Å². The van der Waals surface area contributed by atoms with E-state index in [0.29, 0.717) is 11.5 Å². The maximum Gasteiger partial charge on any atom is 0.290 e. The van der Waals surface area contributed by atoms with E-state index < -0.39 is 0 Å². The molecule has 1 amide bonds. The highest BCUT2D eigenvalue weighted by molar-refractivity contribution is 5.92. The number of piperidine rings is 1. The Morgan fingerprint density at radius 1 is 1.15 bits per heavy atom. The van der Waals surface area contributed by atoms with Crippen LogP contribution in [0.15, 0.2) is 65.3 Å².